The largest absolute Gasteiger partial charge is 0.384 e. The number of anilines is 1. The maximum Gasteiger partial charge on any atom is 0.0375 e. The Balaban J connectivity index is 2.47. The number of benzene rings is 1. The molecule has 0 unspecified atom stereocenters. The molecule has 0 atom stereocenters. The lowest BCUT2D eigenvalue weighted by atomic mass is 10.0. The van der Waals surface area contributed by atoms with Crippen LogP contribution in [0.1, 0.15) is 52.0 Å². The van der Waals surface area contributed by atoms with Crippen molar-refractivity contribution in [2.24, 2.45) is 0 Å². The van der Waals surface area contributed by atoms with Crippen molar-refractivity contribution >= 4 is 5.69 Å². The van der Waals surface area contributed by atoms with Crippen LogP contribution in [0, 0.1) is 0 Å². The highest BCUT2D eigenvalue weighted by molar-refractivity contribution is 5.52. The fourth-order valence-corrected chi connectivity index (χ4v) is 2.48. The predicted molar refractivity (Wildman–Crippen MR) is 86.0 cm³/mol. The van der Waals surface area contributed by atoms with E-state index >= 15 is 0 Å². The molecule has 0 saturated carbocycles. The first kappa shape index (κ1) is 16.0. The molecule has 1 rings (SSSR count). The van der Waals surface area contributed by atoms with Crippen molar-refractivity contribution in [3.8, 4) is 0 Å². The molecule has 19 heavy (non-hydrogen) atoms. The Hall–Kier alpha value is -1.02. The van der Waals surface area contributed by atoms with Crippen molar-refractivity contribution in [2.45, 2.75) is 46.5 Å². The van der Waals surface area contributed by atoms with Gasteiger partial charge in [0.15, 0.2) is 0 Å². The fraction of sp³-hybridized carbons (Fsp3) is 0.647. The van der Waals surface area contributed by atoms with Crippen LogP contribution in [0.15, 0.2) is 24.3 Å². The Morgan fingerprint density at radius 1 is 1.00 bits per heavy atom. The van der Waals surface area contributed by atoms with Gasteiger partial charge in [0.2, 0.25) is 0 Å². The van der Waals surface area contributed by atoms with Crippen LogP contribution in [0.4, 0.5) is 5.69 Å². The minimum Gasteiger partial charge on any atom is -0.384 e. The van der Waals surface area contributed by atoms with E-state index in [1.54, 1.807) is 0 Å². The maximum absolute atomic E-state index is 3.60. The lowest BCUT2D eigenvalue weighted by Crippen LogP contribution is -2.30. The van der Waals surface area contributed by atoms with E-state index in [0.29, 0.717) is 5.92 Å². The molecule has 0 aliphatic heterocycles. The summed E-state index contributed by atoms with van der Waals surface area (Å²) in [5.74, 6) is 0.575. The average molecular weight is 262 g/mol. The maximum atomic E-state index is 3.60. The number of hydrogen-bond donors (Lipinski definition) is 1. The molecule has 2 nitrogen and oxygen atoms in total. The molecule has 2 heteroatoms. The summed E-state index contributed by atoms with van der Waals surface area (Å²) in [5.41, 5.74) is 2.71. The van der Waals surface area contributed by atoms with Gasteiger partial charge in [-0.1, -0.05) is 45.9 Å². The minimum absolute atomic E-state index is 0.575. The van der Waals surface area contributed by atoms with Gasteiger partial charge in [-0.2, -0.15) is 0 Å². The number of rotatable bonds is 9. The quantitative estimate of drug-likeness (QED) is 0.712. The van der Waals surface area contributed by atoms with Crippen LogP contribution in [-0.4, -0.2) is 31.1 Å². The molecule has 0 fully saturated rings. The van der Waals surface area contributed by atoms with E-state index in [4.69, 9.17) is 0 Å². The topological polar surface area (TPSA) is 15.3 Å². The number of nitrogens with one attached hydrogen (secondary N) is 1. The molecule has 0 amide bonds. The van der Waals surface area contributed by atoms with E-state index in [-0.39, 0.29) is 0 Å². The van der Waals surface area contributed by atoms with Gasteiger partial charge >= 0.3 is 0 Å². The van der Waals surface area contributed by atoms with E-state index in [2.05, 4.69) is 62.2 Å². The van der Waals surface area contributed by atoms with Crippen LogP contribution < -0.4 is 5.32 Å². The van der Waals surface area contributed by atoms with Gasteiger partial charge in [0.1, 0.15) is 0 Å². The molecule has 1 aromatic rings. The highest BCUT2D eigenvalue weighted by Gasteiger charge is 2.06. The Morgan fingerprint density at radius 2 is 1.63 bits per heavy atom. The molecule has 0 bridgehead atoms. The van der Waals surface area contributed by atoms with Gasteiger partial charge in [0.05, 0.1) is 0 Å². The van der Waals surface area contributed by atoms with Gasteiger partial charge in [-0.3, -0.25) is 0 Å². The first-order chi connectivity index (χ1) is 9.19. The number of nitrogens with zero attached hydrogens (tertiary/aromatic N) is 1. The molecular weight excluding hydrogens is 232 g/mol. The molecule has 0 radical (unpaired) electrons. The first-order valence-corrected chi connectivity index (χ1v) is 7.74. The third kappa shape index (κ3) is 5.65. The van der Waals surface area contributed by atoms with Crippen molar-refractivity contribution in [1.29, 1.82) is 0 Å². The van der Waals surface area contributed by atoms with Crippen LogP contribution in [0.3, 0.4) is 0 Å². The van der Waals surface area contributed by atoms with Gasteiger partial charge in [-0.05, 0) is 43.5 Å². The summed E-state index contributed by atoms with van der Waals surface area (Å²) in [5, 5.41) is 3.60. The lowest BCUT2D eigenvalue weighted by Gasteiger charge is -2.22. The number of para-hydroxylation sites is 1. The second-order valence-corrected chi connectivity index (χ2v) is 5.51. The molecule has 1 aromatic carbocycles. The van der Waals surface area contributed by atoms with Crippen LogP contribution in [-0.2, 0) is 0 Å². The summed E-state index contributed by atoms with van der Waals surface area (Å²) >= 11 is 0. The molecule has 0 spiro atoms. The minimum atomic E-state index is 0.575. The second-order valence-electron chi connectivity index (χ2n) is 5.51. The van der Waals surface area contributed by atoms with E-state index in [1.807, 2.05) is 0 Å². The predicted octanol–water partition coefficient (Wildman–Crippen LogP) is 4.34. The van der Waals surface area contributed by atoms with Gasteiger partial charge in [-0.25, -0.2) is 0 Å². The van der Waals surface area contributed by atoms with E-state index in [1.165, 1.54) is 37.2 Å². The van der Waals surface area contributed by atoms with Crippen molar-refractivity contribution < 1.29 is 0 Å². The summed E-state index contributed by atoms with van der Waals surface area (Å²) in [6.07, 6.45) is 2.48. The molecule has 108 valence electrons. The summed E-state index contributed by atoms with van der Waals surface area (Å²) in [4.78, 5) is 2.55. The highest BCUT2D eigenvalue weighted by Crippen LogP contribution is 2.23. The Bertz CT molecular complexity index is 341. The normalized spacial score (nSPS) is 11.3. The van der Waals surface area contributed by atoms with Crippen molar-refractivity contribution in [3.05, 3.63) is 29.8 Å². The van der Waals surface area contributed by atoms with Crippen molar-refractivity contribution in [1.82, 2.24) is 4.90 Å². The summed E-state index contributed by atoms with van der Waals surface area (Å²) in [6, 6.07) is 8.66. The standard InChI is InChI=1S/C17H30N2/c1-5-12-19(13-6-2)14-11-18-17-10-8-7-9-16(17)15(3)4/h7-10,15,18H,5-6,11-14H2,1-4H3. The van der Waals surface area contributed by atoms with Gasteiger partial charge < -0.3 is 10.2 Å². The fourth-order valence-electron chi connectivity index (χ4n) is 2.48. The molecule has 1 N–H and O–H groups in total. The van der Waals surface area contributed by atoms with Crippen LogP contribution in [0.25, 0.3) is 0 Å². The zero-order valence-corrected chi connectivity index (χ0v) is 13.1. The van der Waals surface area contributed by atoms with E-state index in [9.17, 15) is 0 Å². The first-order valence-electron chi connectivity index (χ1n) is 7.74. The summed E-state index contributed by atoms with van der Waals surface area (Å²) in [7, 11) is 0. The third-order valence-electron chi connectivity index (χ3n) is 3.41. The SMILES string of the molecule is CCCN(CCC)CCNc1ccccc1C(C)C. The summed E-state index contributed by atoms with van der Waals surface area (Å²) < 4.78 is 0. The number of hydrogen-bond acceptors (Lipinski definition) is 2. The van der Waals surface area contributed by atoms with E-state index in [0.717, 1.165) is 13.1 Å². The summed E-state index contributed by atoms with van der Waals surface area (Å²) in [6.45, 7) is 13.6. The van der Waals surface area contributed by atoms with Gasteiger partial charge in [-0.15, -0.1) is 0 Å². The van der Waals surface area contributed by atoms with Crippen LogP contribution >= 0.6 is 0 Å². The lowest BCUT2D eigenvalue weighted by molar-refractivity contribution is 0.285. The molecule has 0 aliphatic carbocycles. The van der Waals surface area contributed by atoms with Gasteiger partial charge in [0.25, 0.3) is 0 Å². The molecule has 0 aromatic heterocycles. The Labute approximate surface area is 119 Å². The molecule has 0 saturated heterocycles. The second kappa shape index (κ2) is 8.98. The van der Waals surface area contributed by atoms with Gasteiger partial charge in [0, 0.05) is 18.8 Å². The zero-order chi connectivity index (χ0) is 14.1. The van der Waals surface area contributed by atoms with E-state index < -0.39 is 0 Å². The van der Waals surface area contributed by atoms with Crippen molar-refractivity contribution in [2.75, 3.05) is 31.5 Å². The Morgan fingerprint density at radius 3 is 2.21 bits per heavy atom. The van der Waals surface area contributed by atoms with Crippen LogP contribution in [0.5, 0.6) is 0 Å². The molecule has 0 heterocycles. The monoisotopic (exact) mass is 262 g/mol. The average Bonchev–Trinajstić information content (AvgIpc) is 2.39. The Kier molecular flexibility index (Phi) is 7.57. The van der Waals surface area contributed by atoms with Crippen molar-refractivity contribution in [3.63, 3.8) is 0 Å². The third-order valence-corrected chi connectivity index (χ3v) is 3.41. The zero-order valence-electron chi connectivity index (χ0n) is 13.1. The van der Waals surface area contributed by atoms with Crippen LogP contribution in [0.2, 0.25) is 0 Å². The highest BCUT2D eigenvalue weighted by atomic mass is 15.1. The molecule has 0 aliphatic rings. The smallest absolute Gasteiger partial charge is 0.0375 e. The molecular formula is C17H30N2.